The lowest BCUT2D eigenvalue weighted by Crippen LogP contribution is -2.25. The van der Waals surface area contributed by atoms with Crippen molar-refractivity contribution in [2.24, 2.45) is 9.49 Å². The third kappa shape index (κ3) is 7.81. The summed E-state index contributed by atoms with van der Waals surface area (Å²) >= 11 is 0. The molecule has 8 aromatic rings. The molecular weight excluding hydrogens is 717 g/mol. The summed E-state index contributed by atoms with van der Waals surface area (Å²) in [5, 5.41) is 11.2. The highest BCUT2D eigenvalue weighted by Gasteiger charge is 2.29. The van der Waals surface area contributed by atoms with Gasteiger partial charge in [-0.1, -0.05) is 218 Å². The van der Waals surface area contributed by atoms with Crippen molar-refractivity contribution in [3.8, 4) is 0 Å². The average molecular weight is 762 g/mol. The molecule has 0 saturated heterocycles. The van der Waals surface area contributed by atoms with Crippen LogP contribution < -0.4 is 37.1 Å². The minimum Gasteiger partial charge on any atom is -0.312 e. The zero-order valence-electron chi connectivity index (χ0n) is 31.3. The van der Waals surface area contributed by atoms with Crippen molar-refractivity contribution in [3.63, 3.8) is 0 Å². The summed E-state index contributed by atoms with van der Waals surface area (Å²) in [6.45, 7) is 1.50. The largest absolute Gasteiger partial charge is 0.312 e. The summed E-state index contributed by atoms with van der Waals surface area (Å²) in [5.74, 6) is 0. The molecule has 8 aromatic carbocycles. The van der Waals surface area contributed by atoms with Crippen molar-refractivity contribution in [1.82, 2.24) is 5.32 Å². The highest BCUT2D eigenvalue weighted by atomic mass is 31.2. The second-order valence-corrected chi connectivity index (χ2v) is 19.7. The predicted molar refractivity (Wildman–Crippen MR) is 243 cm³/mol. The lowest BCUT2D eigenvalue weighted by molar-refractivity contribution is 0.688. The molecule has 0 amide bonds. The Morgan fingerprint density at radius 1 is 0.304 bits per heavy atom. The molecule has 0 bridgehead atoms. The Bertz CT molecular complexity index is 2190. The monoisotopic (exact) mass is 761 g/mol. The summed E-state index contributed by atoms with van der Waals surface area (Å²) in [7, 11) is -4.80. The van der Waals surface area contributed by atoms with Gasteiger partial charge in [-0.2, -0.15) is 0 Å². The number of nitrogens with one attached hydrogen (secondary N) is 1. The smallest absolute Gasteiger partial charge is 0.0670 e. The van der Waals surface area contributed by atoms with Gasteiger partial charge < -0.3 is 5.32 Å². The van der Waals surface area contributed by atoms with E-state index < -0.39 is 14.1 Å². The van der Waals surface area contributed by atoms with Gasteiger partial charge in [0.05, 0.1) is 25.5 Å². The molecule has 0 heterocycles. The van der Waals surface area contributed by atoms with Gasteiger partial charge in [-0.3, -0.25) is 9.49 Å². The number of benzene rings is 8. The van der Waals surface area contributed by atoms with E-state index in [0.29, 0.717) is 6.54 Å². The maximum Gasteiger partial charge on any atom is 0.0670 e. The lowest BCUT2D eigenvalue weighted by atomic mass is 10.1. The SMILES string of the molecule is c1ccc(P(=Nc2ccccc2CCNCc2ccccc2N=P(c2ccccc2)(c2ccccc2)c2ccccc2)(c2ccccc2)c2ccccc2)cc1. The van der Waals surface area contributed by atoms with Crippen LogP contribution in [0.1, 0.15) is 11.1 Å². The third-order valence-electron chi connectivity index (χ3n) is 10.2. The molecule has 8 rings (SSSR count). The molecule has 0 unspecified atom stereocenters. The average Bonchev–Trinajstić information content (AvgIpc) is 3.29. The molecule has 0 aromatic heterocycles. The van der Waals surface area contributed by atoms with Crippen LogP contribution in [0.3, 0.4) is 0 Å². The Labute approximate surface area is 331 Å². The third-order valence-corrected chi connectivity index (χ3v) is 17.5. The van der Waals surface area contributed by atoms with Crippen LogP contribution in [0.25, 0.3) is 0 Å². The predicted octanol–water partition coefficient (Wildman–Crippen LogP) is 10.6. The number of hydrogen-bond acceptors (Lipinski definition) is 3. The summed E-state index contributed by atoms with van der Waals surface area (Å²) in [6, 6.07) is 82.4. The Kier molecular flexibility index (Phi) is 11.8. The molecule has 5 heteroatoms. The van der Waals surface area contributed by atoms with E-state index in [4.69, 9.17) is 9.49 Å². The first-order chi connectivity index (χ1) is 27.8. The van der Waals surface area contributed by atoms with Crippen LogP contribution in [0.15, 0.2) is 240 Å². The van der Waals surface area contributed by atoms with Gasteiger partial charge in [0.25, 0.3) is 0 Å². The molecule has 0 fully saturated rings. The molecule has 0 aliphatic rings. The fourth-order valence-corrected chi connectivity index (χ4v) is 14.6. The van der Waals surface area contributed by atoms with E-state index in [1.807, 2.05) is 0 Å². The van der Waals surface area contributed by atoms with Crippen LogP contribution >= 0.6 is 14.1 Å². The zero-order chi connectivity index (χ0) is 37.9. The second kappa shape index (κ2) is 17.8. The molecule has 0 aliphatic carbocycles. The molecular formula is C51H45N3P2. The molecule has 0 radical (unpaired) electrons. The van der Waals surface area contributed by atoms with Crippen molar-refractivity contribution < 1.29 is 0 Å². The van der Waals surface area contributed by atoms with Crippen molar-refractivity contribution in [2.75, 3.05) is 6.54 Å². The van der Waals surface area contributed by atoms with Crippen LogP contribution in [-0.4, -0.2) is 6.54 Å². The van der Waals surface area contributed by atoms with Gasteiger partial charge in [-0.15, -0.1) is 0 Å². The molecule has 1 N–H and O–H groups in total. The summed E-state index contributed by atoms with van der Waals surface area (Å²) in [4.78, 5) is 0. The van der Waals surface area contributed by atoms with Gasteiger partial charge >= 0.3 is 0 Å². The van der Waals surface area contributed by atoms with Crippen LogP contribution in [0.2, 0.25) is 0 Å². The molecule has 0 spiro atoms. The normalized spacial score (nSPS) is 11.5. The van der Waals surface area contributed by atoms with Crippen molar-refractivity contribution >= 4 is 57.3 Å². The molecule has 3 nitrogen and oxygen atoms in total. The first-order valence-corrected chi connectivity index (χ1v) is 22.7. The van der Waals surface area contributed by atoms with E-state index in [-0.39, 0.29) is 0 Å². The van der Waals surface area contributed by atoms with Gasteiger partial charge in [0, 0.05) is 38.4 Å². The van der Waals surface area contributed by atoms with E-state index in [9.17, 15) is 0 Å². The van der Waals surface area contributed by atoms with E-state index in [1.165, 1.54) is 43.0 Å². The van der Waals surface area contributed by atoms with Crippen LogP contribution in [0.4, 0.5) is 11.4 Å². The van der Waals surface area contributed by atoms with Gasteiger partial charge in [0.2, 0.25) is 0 Å². The number of nitrogens with zero attached hydrogens (tertiary/aromatic N) is 2. The highest BCUT2D eigenvalue weighted by Crippen LogP contribution is 2.51. The Balaban J connectivity index is 1.14. The first-order valence-electron chi connectivity index (χ1n) is 19.2. The van der Waals surface area contributed by atoms with E-state index in [2.05, 4.69) is 236 Å². The summed E-state index contributed by atoms with van der Waals surface area (Å²) in [6.07, 6.45) is 0.840. The fourth-order valence-electron chi connectivity index (χ4n) is 7.45. The molecule has 56 heavy (non-hydrogen) atoms. The van der Waals surface area contributed by atoms with E-state index in [0.717, 1.165) is 24.3 Å². The zero-order valence-corrected chi connectivity index (χ0v) is 33.1. The van der Waals surface area contributed by atoms with Crippen molar-refractivity contribution in [3.05, 3.63) is 242 Å². The maximum atomic E-state index is 5.85. The molecule has 0 atom stereocenters. The summed E-state index contributed by atoms with van der Waals surface area (Å²) in [5.41, 5.74) is 4.47. The lowest BCUT2D eigenvalue weighted by Gasteiger charge is -2.27. The van der Waals surface area contributed by atoms with Gasteiger partial charge in [-0.05, 0) is 36.2 Å². The van der Waals surface area contributed by atoms with E-state index >= 15 is 0 Å². The maximum absolute atomic E-state index is 5.85. The standard InChI is InChI=1S/C51H45N3P2/c1-7-25-44(26-8-1)55(45-27-9-2-10-28-45,46-29-11-3-12-30-46)53-50-37-21-19-23-42(50)39-40-52-41-43-24-20-22-38-51(43)54-56(47-31-13-4-14-32-47,48-33-15-5-16-34-48)49-35-17-6-18-36-49/h1-38,52H,39-41H2. The first kappa shape index (κ1) is 37.1. The van der Waals surface area contributed by atoms with Gasteiger partial charge in [-0.25, -0.2) is 0 Å². The summed E-state index contributed by atoms with van der Waals surface area (Å²) < 4.78 is 11.7. The van der Waals surface area contributed by atoms with Crippen LogP contribution in [0, 0.1) is 0 Å². The number of hydrogen-bond donors (Lipinski definition) is 1. The van der Waals surface area contributed by atoms with Crippen LogP contribution in [0.5, 0.6) is 0 Å². The van der Waals surface area contributed by atoms with E-state index in [1.54, 1.807) is 0 Å². The number of rotatable bonds is 13. The second-order valence-electron chi connectivity index (χ2n) is 13.7. The minimum atomic E-state index is -2.40. The molecule has 0 aliphatic heterocycles. The van der Waals surface area contributed by atoms with Crippen molar-refractivity contribution in [2.45, 2.75) is 13.0 Å². The topological polar surface area (TPSA) is 36.8 Å². The van der Waals surface area contributed by atoms with Gasteiger partial charge in [0.1, 0.15) is 0 Å². The molecule has 274 valence electrons. The highest BCUT2D eigenvalue weighted by molar-refractivity contribution is 7.88. The van der Waals surface area contributed by atoms with Crippen LogP contribution in [-0.2, 0) is 13.0 Å². The van der Waals surface area contributed by atoms with Crippen molar-refractivity contribution in [1.29, 1.82) is 0 Å². The van der Waals surface area contributed by atoms with Gasteiger partial charge in [0.15, 0.2) is 0 Å². The Morgan fingerprint density at radius 3 is 0.911 bits per heavy atom. The Morgan fingerprint density at radius 2 is 0.571 bits per heavy atom. The fraction of sp³-hybridized carbons (Fsp3) is 0.0588. The minimum absolute atomic E-state index is 0.701. The Hall–Kier alpha value is -5.82. The molecule has 0 saturated carbocycles. The quantitative estimate of drug-likeness (QED) is 0.0922.